The fourth-order valence-electron chi connectivity index (χ4n) is 4.66. The number of aliphatic hydroxyl groups is 1. The van der Waals surface area contributed by atoms with Crippen LogP contribution >= 0.6 is 0 Å². The predicted molar refractivity (Wildman–Crippen MR) is 130 cm³/mol. The zero-order valence-corrected chi connectivity index (χ0v) is 19.2. The van der Waals surface area contributed by atoms with Crippen LogP contribution < -0.4 is 0 Å². The van der Waals surface area contributed by atoms with Crippen molar-refractivity contribution in [1.29, 1.82) is 5.26 Å². The molecule has 0 aliphatic heterocycles. The van der Waals surface area contributed by atoms with Gasteiger partial charge in [-0.25, -0.2) is 0 Å². The normalized spacial score (nSPS) is 11.9. The van der Waals surface area contributed by atoms with Crippen LogP contribution in [0, 0.1) is 25.2 Å². The summed E-state index contributed by atoms with van der Waals surface area (Å²) in [5, 5.41) is 26.8. The first-order valence-corrected chi connectivity index (χ1v) is 11.0. The lowest BCUT2D eigenvalue weighted by Crippen LogP contribution is -2.15. The summed E-state index contributed by atoms with van der Waals surface area (Å²) in [5.41, 5.74) is 6.21. The van der Waals surface area contributed by atoms with Crippen LogP contribution in [0.15, 0.2) is 65.2 Å². The van der Waals surface area contributed by atoms with E-state index < -0.39 is 5.60 Å². The number of aromatic nitrogens is 2. The Hall–Kier alpha value is -3.88. The summed E-state index contributed by atoms with van der Waals surface area (Å²) >= 11 is 0. The maximum absolute atomic E-state index is 10.7. The maximum atomic E-state index is 10.7. The second-order valence-electron chi connectivity index (χ2n) is 9.09. The quantitative estimate of drug-likeness (QED) is 0.364. The van der Waals surface area contributed by atoms with Crippen LogP contribution in [0.2, 0.25) is 0 Å². The number of nitriles is 1. The number of hydrogen-bond acceptors (Lipinski definition) is 4. The van der Waals surface area contributed by atoms with Crippen molar-refractivity contribution in [3.05, 3.63) is 88.8 Å². The molecule has 164 valence electrons. The van der Waals surface area contributed by atoms with Crippen LogP contribution in [0.1, 0.15) is 42.0 Å². The van der Waals surface area contributed by atoms with Gasteiger partial charge >= 0.3 is 0 Å². The predicted octanol–water partition coefficient (Wildman–Crippen LogP) is 6.21. The molecular formula is C28H25N3O2. The van der Waals surface area contributed by atoms with Crippen molar-refractivity contribution in [3.8, 4) is 17.2 Å². The summed E-state index contributed by atoms with van der Waals surface area (Å²) in [6.07, 6.45) is 0. The van der Waals surface area contributed by atoms with Gasteiger partial charge in [-0.1, -0.05) is 47.6 Å². The molecule has 0 aliphatic carbocycles. The van der Waals surface area contributed by atoms with Crippen molar-refractivity contribution < 1.29 is 9.63 Å². The molecule has 5 heteroatoms. The third-order valence-corrected chi connectivity index (χ3v) is 6.30. The van der Waals surface area contributed by atoms with Crippen LogP contribution in [0.3, 0.4) is 0 Å². The van der Waals surface area contributed by atoms with E-state index in [-0.39, 0.29) is 0 Å². The van der Waals surface area contributed by atoms with Gasteiger partial charge in [0.25, 0.3) is 0 Å². The Labute approximate surface area is 192 Å². The van der Waals surface area contributed by atoms with E-state index in [1.54, 1.807) is 13.8 Å². The van der Waals surface area contributed by atoms with Crippen LogP contribution in [-0.2, 0) is 12.1 Å². The van der Waals surface area contributed by atoms with Crippen molar-refractivity contribution in [3.63, 3.8) is 0 Å². The first-order valence-electron chi connectivity index (χ1n) is 11.0. The van der Waals surface area contributed by atoms with E-state index in [0.29, 0.717) is 12.1 Å². The molecule has 0 aliphatic rings. The number of aryl methyl sites for hydroxylation is 2. The fourth-order valence-corrected chi connectivity index (χ4v) is 4.66. The van der Waals surface area contributed by atoms with Gasteiger partial charge in [-0.2, -0.15) is 5.26 Å². The second-order valence-corrected chi connectivity index (χ2v) is 9.09. The van der Waals surface area contributed by atoms with Crippen molar-refractivity contribution in [1.82, 2.24) is 9.72 Å². The molecule has 0 amide bonds. The first-order chi connectivity index (χ1) is 15.8. The van der Waals surface area contributed by atoms with Crippen LogP contribution in [0.25, 0.3) is 32.9 Å². The molecule has 3 aromatic carbocycles. The van der Waals surface area contributed by atoms with Crippen molar-refractivity contribution in [2.75, 3.05) is 0 Å². The summed E-state index contributed by atoms with van der Waals surface area (Å²) in [7, 11) is 0. The number of fused-ring (bicyclic) bond motifs is 3. The van der Waals surface area contributed by atoms with Gasteiger partial charge in [0, 0.05) is 28.4 Å². The van der Waals surface area contributed by atoms with E-state index in [4.69, 9.17) is 4.52 Å². The molecule has 2 heterocycles. The van der Waals surface area contributed by atoms with Gasteiger partial charge in [0.15, 0.2) is 0 Å². The summed E-state index contributed by atoms with van der Waals surface area (Å²) in [6, 6.07) is 22.7. The largest absolute Gasteiger partial charge is 0.386 e. The van der Waals surface area contributed by atoms with E-state index in [1.165, 1.54) is 0 Å². The highest BCUT2D eigenvalue weighted by atomic mass is 16.5. The van der Waals surface area contributed by atoms with Crippen molar-refractivity contribution >= 4 is 21.8 Å². The van der Waals surface area contributed by atoms with Crippen LogP contribution in [-0.4, -0.2) is 14.8 Å². The molecule has 0 saturated carbocycles. The molecule has 1 N–H and O–H groups in total. The minimum Gasteiger partial charge on any atom is -0.386 e. The van der Waals surface area contributed by atoms with E-state index in [1.807, 2.05) is 56.3 Å². The van der Waals surface area contributed by atoms with Gasteiger partial charge in [-0.15, -0.1) is 0 Å². The fraction of sp³-hybridized carbons (Fsp3) is 0.214. The van der Waals surface area contributed by atoms with Gasteiger partial charge in [-0.3, -0.25) is 0 Å². The number of nitrogens with zero attached hydrogens (tertiary/aromatic N) is 3. The molecule has 5 rings (SSSR count). The smallest absolute Gasteiger partial charge is 0.141 e. The monoisotopic (exact) mass is 435 g/mol. The Kier molecular flexibility index (Phi) is 4.84. The Morgan fingerprint density at radius 3 is 2.42 bits per heavy atom. The highest BCUT2D eigenvalue weighted by Crippen LogP contribution is 2.38. The summed E-state index contributed by atoms with van der Waals surface area (Å²) in [5.74, 6) is 0.728. The van der Waals surface area contributed by atoms with E-state index >= 15 is 0 Å². The lowest BCUT2D eigenvalue weighted by Gasteiger charge is -2.18. The summed E-state index contributed by atoms with van der Waals surface area (Å²) in [4.78, 5) is 0. The zero-order valence-electron chi connectivity index (χ0n) is 19.2. The van der Waals surface area contributed by atoms with Crippen LogP contribution in [0.4, 0.5) is 0 Å². The van der Waals surface area contributed by atoms with Crippen molar-refractivity contribution in [2.24, 2.45) is 0 Å². The molecule has 33 heavy (non-hydrogen) atoms. The molecule has 0 fully saturated rings. The first kappa shape index (κ1) is 21.0. The Balaban J connectivity index is 1.89. The Morgan fingerprint density at radius 1 is 1.03 bits per heavy atom. The number of rotatable bonds is 4. The van der Waals surface area contributed by atoms with Gasteiger partial charge in [-0.05, 0) is 62.6 Å². The zero-order chi connectivity index (χ0) is 23.3. The summed E-state index contributed by atoms with van der Waals surface area (Å²) < 4.78 is 7.64. The molecule has 0 radical (unpaired) electrons. The summed E-state index contributed by atoms with van der Waals surface area (Å²) in [6.45, 7) is 8.02. The maximum Gasteiger partial charge on any atom is 0.141 e. The van der Waals surface area contributed by atoms with Crippen molar-refractivity contribution in [2.45, 2.75) is 39.8 Å². The third kappa shape index (κ3) is 3.49. The molecule has 0 spiro atoms. The van der Waals surface area contributed by atoms with Gasteiger partial charge < -0.3 is 14.2 Å². The third-order valence-electron chi connectivity index (χ3n) is 6.30. The lowest BCUT2D eigenvalue weighted by molar-refractivity contribution is 0.0787. The lowest BCUT2D eigenvalue weighted by atomic mass is 9.95. The number of benzene rings is 3. The molecular weight excluding hydrogens is 410 g/mol. The van der Waals surface area contributed by atoms with E-state index in [9.17, 15) is 10.4 Å². The molecule has 0 bridgehead atoms. The second kappa shape index (κ2) is 7.61. The Morgan fingerprint density at radius 2 is 1.79 bits per heavy atom. The highest BCUT2D eigenvalue weighted by Gasteiger charge is 2.22. The molecule has 0 atom stereocenters. The minimum atomic E-state index is -0.970. The van der Waals surface area contributed by atoms with E-state index in [2.05, 4.69) is 34.0 Å². The highest BCUT2D eigenvalue weighted by molar-refractivity contribution is 6.12. The standard InChI is InChI=1S/C28H25N3O2/c1-17-26(18(2)33-30-17)20-12-21(15-29)27-23-11-10-22(28(3,4)32)14-24(23)31(25(27)13-20)16-19-8-6-5-7-9-19/h5-14,32H,16H2,1-4H3. The molecule has 5 nitrogen and oxygen atoms in total. The topological polar surface area (TPSA) is 75.0 Å². The average Bonchev–Trinajstić information content (AvgIpc) is 3.29. The Bertz CT molecular complexity index is 1520. The molecule has 0 saturated heterocycles. The molecule has 0 unspecified atom stereocenters. The number of hydrogen-bond donors (Lipinski definition) is 1. The van der Waals surface area contributed by atoms with E-state index in [0.717, 1.165) is 55.5 Å². The van der Waals surface area contributed by atoms with Gasteiger partial charge in [0.2, 0.25) is 0 Å². The van der Waals surface area contributed by atoms with Crippen LogP contribution in [0.5, 0.6) is 0 Å². The average molecular weight is 436 g/mol. The molecule has 5 aromatic rings. The SMILES string of the molecule is Cc1noc(C)c1-c1cc(C#N)c2c3ccc(C(C)(C)O)cc3n(Cc3ccccc3)c2c1. The van der Waals surface area contributed by atoms with Gasteiger partial charge in [0.05, 0.1) is 28.4 Å². The van der Waals surface area contributed by atoms with Gasteiger partial charge in [0.1, 0.15) is 5.76 Å². The minimum absolute atomic E-state index is 0.607. The molecule has 2 aromatic heterocycles.